The minimum atomic E-state index is 0. The molecule has 2 heterocycles. The number of aryl methyl sites for hydroxylation is 2. The zero-order valence-corrected chi connectivity index (χ0v) is 11.0. The van der Waals surface area contributed by atoms with E-state index < -0.39 is 0 Å². The van der Waals surface area contributed by atoms with E-state index in [1.54, 1.807) is 0 Å². The van der Waals surface area contributed by atoms with E-state index in [1.165, 1.54) is 11.3 Å². The maximum absolute atomic E-state index is 5.90. The van der Waals surface area contributed by atoms with Crippen molar-refractivity contribution in [3.05, 3.63) is 17.0 Å². The SMILES string of the molecule is Cc1nn(C)c(C)c1CN1CCC(N)C1.Cl. The fraction of sp³-hybridized carbons (Fsp3) is 0.727. The summed E-state index contributed by atoms with van der Waals surface area (Å²) in [6.45, 7) is 7.35. The third-order valence-corrected chi connectivity index (χ3v) is 3.35. The lowest BCUT2D eigenvalue weighted by Crippen LogP contribution is -2.26. The number of nitrogens with zero attached hydrogens (tertiary/aromatic N) is 3. The highest BCUT2D eigenvalue weighted by atomic mass is 35.5. The zero-order chi connectivity index (χ0) is 11.0. The van der Waals surface area contributed by atoms with Gasteiger partial charge in [-0.05, 0) is 20.3 Å². The molecule has 1 atom stereocenters. The molecule has 2 N–H and O–H groups in total. The summed E-state index contributed by atoms with van der Waals surface area (Å²) in [7, 11) is 2.00. The van der Waals surface area contributed by atoms with Crippen molar-refractivity contribution < 1.29 is 0 Å². The molecular weight excluding hydrogens is 224 g/mol. The molecule has 16 heavy (non-hydrogen) atoms. The normalized spacial score (nSPS) is 21.1. The van der Waals surface area contributed by atoms with Crippen LogP contribution in [0.1, 0.15) is 23.4 Å². The molecule has 4 nitrogen and oxygen atoms in total. The lowest BCUT2D eigenvalue weighted by atomic mass is 10.2. The van der Waals surface area contributed by atoms with Crippen molar-refractivity contribution in [3.8, 4) is 0 Å². The summed E-state index contributed by atoms with van der Waals surface area (Å²) in [6, 6.07) is 0.363. The molecule has 0 amide bonds. The lowest BCUT2D eigenvalue weighted by molar-refractivity contribution is 0.325. The quantitative estimate of drug-likeness (QED) is 0.844. The monoisotopic (exact) mass is 244 g/mol. The Bertz CT molecular complexity index is 361. The third-order valence-electron chi connectivity index (χ3n) is 3.35. The van der Waals surface area contributed by atoms with Gasteiger partial charge in [-0.2, -0.15) is 5.10 Å². The van der Waals surface area contributed by atoms with Crippen molar-refractivity contribution in [1.82, 2.24) is 14.7 Å². The first-order valence-corrected chi connectivity index (χ1v) is 5.55. The van der Waals surface area contributed by atoms with E-state index in [4.69, 9.17) is 5.73 Å². The van der Waals surface area contributed by atoms with E-state index in [9.17, 15) is 0 Å². The minimum absolute atomic E-state index is 0. The molecule has 1 aromatic heterocycles. The van der Waals surface area contributed by atoms with E-state index in [0.29, 0.717) is 6.04 Å². The van der Waals surface area contributed by atoms with Crippen LogP contribution < -0.4 is 5.73 Å². The largest absolute Gasteiger partial charge is 0.326 e. The number of nitrogens with two attached hydrogens (primary N) is 1. The average Bonchev–Trinajstić information content (AvgIpc) is 2.67. The Morgan fingerprint density at radius 1 is 1.44 bits per heavy atom. The van der Waals surface area contributed by atoms with Crippen LogP contribution in [0, 0.1) is 13.8 Å². The predicted octanol–water partition coefficient (Wildman–Crippen LogP) is 0.992. The Hall–Kier alpha value is -0.580. The van der Waals surface area contributed by atoms with Crippen LogP contribution in [0.4, 0.5) is 0 Å². The van der Waals surface area contributed by atoms with Gasteiger partial charge in [0.25, 0.3) is 0 Å². The second-order valence-corrected chi connectivity index (χ2v) is 4.56. The summed E-state index contributed by atoms with van der Waals surface area (Å²) in [5, 5.41) is 4.43. The molecule has 0 saturated carbocycles. The van der Waals surface area contributed by atoms with Gasteiger partial charge in [-0.15, -0.1) is 12.4 Å². The van der Waals surface area contributed by atoms with Gasteiger partial charge in [0.15, 0.2) is 0 Å². The molecule has 1 aliphatic heterocycles. The molecule has 0 aliphatic carbocycles. The predicted molar refractivity (Wildman–Crippen MR) is 67.8 cm³/mol. The summed E-state index contributed by atoms with van der Waals surface area (Å²) < 4.78 is 1.96. The number of hydrogen-bond donors (Lipinski definition) is 1. The maximum atomic E-state index is 5.90. The molecule has 1 fully saturated rings. The van der Waals surface area contributed by atoms with Crippen LogP contribution in [-0.4, -0.2) is 33.8 Å². The van der Waals surface area contributed by atoms with Crippen LogP contribution in [0.2, 0.25) is 0 Å². The summed E-state index contributed by atoms with van der Waals surface area (Å²) in [5.74, 6) is 0. The van der Waals surface area contributed by atoms with Crippen molar-refractivity contribution in [1.29, 1.82) is 0 Å². The van der Waals surface area contributed by atoms with Gasteiger partial charge in [-0.1, -0.05) is 0 Å². The number of likely N-dealkylation sites (tertiary alicyclic amines) is 1. The van der Waals surface area contributed by atoms with Crippen molar-refractivity contribution in [2.75, 3.05) is 13.1 Å². The van der Waals surface area contributed by atoms with Crippen molar-refractivity contribution >= 4 is 12.4 Å². The summed E-state index contributed by atoms with van der Waals surface area (Å²) in [4.78, 5) is 2.42. The highest BCUT2D eigenvalue weighted by molar-refractivity contribution is 5.85. The molecule has 2 rings (SSSR count). The molecule has 1 saturated heterocycles. The van der Waals surface area contributed by atoms with Gasteiger partial charge in [0.2, 0.25) is 0 Å². The van der Waals surface area contributed by atoms with Gasteiger partial charge in [0.05, 0.1) is 5.69 Å². The molecule has 0 bridgehead atoms. The van der Waals surface area contributed by atoms with Crippen molar-refractivity contribution in [3.63, 3.8) is 0 Å². The minimum Gasteiger partial charge on any atom is -0.326 e. The van der Waals surface area contributed by atoms with Crippen molar-refractivity contribution in [2.24, 2.45) is 12.8 Å². The lowest BCUT2D eigenvalue weighted by Gasteiger charge is -2.15. The van der Waals surface area contributed by atoms with Crippen molar-refractivity contribution in [2.45, 2.75) is 32.9 Å². The number of rotatable bonds is 2. The van der Waals surface area contributed by atoms with Crippen LogP contribution in [-0.2, 0) is 13.6 Å². The van der Waals surface area contributed by atoms with E-state index in [1.807, 2.05) is 11.7 Å². The Labute approximate surface area is 103 Å². The molecular formula is C11H21ClN4. The molecule has 0 aromatic carbocycles. The van der Waals surface area contributed by atoms with Gasteiger partial charge in [-0.3, -0.25) is 9.58 Å². The van der Waals surface area contributed by atoms with Gasteiger partial charge < -0.3 is 5.73 Å². The standard InChI is InChI=1S/C11H20N4.ClH/c1-8-11(9(2)14(3)13-8)7-15-5-4-10(12)6-15;/h10H,4-7,12H2,1-3H3;1H. The molecule has 92 valence electrons. The number of hydrogen-bond acceptors (Lipinski definition) is 3. The second kappa shape index (κ2) is 5.17. The van der Waals surface area contributed by atoms with Gasteiger partial charge in [-0.25, -0.2) is 0 Å². The Morgan fingerprint density at radius 2 is 2.12 bits per heavy atom. The molecule has 1 aliphatic rings. The second-order valence-electron chi connectivity index (χ2n) is 4.56. The molecule has 1 aromatic rings. The summed E-state index contributed by atoms with van der Waals surface area (Å²) in [5.41, 5.74) is 9.68. The highest BCUT2D eigenvalue weighted by Crippen LogP contribution is 2.17. The third kappa shape index (κ3) is 2.56. The van der Waals surface area contributed by atoms with Crippen LogP contribution in [0.25, 0.3) is 0 Å². The first-order valence-electron chi connectivity index (χ1n) is 5.55. The molecule has 0 spiro atoms. The Morgan fingerprint density at radius 3 is 2.56 bits per heavy atom. The van der Waals surface area contributed by atoms with Crippen LogP contribution >= 0.6 is 12.4 Å². The van der Waals surface area contributed by atoms with E-state index >= 15 is 0 Å². The van der Waals surface area contributed by atoms with Crippen LogP contribution in [0.15, 0.2) is 0 Å². The van der Waals surface area contributed by atoms with E-state index in [2.05, 4.69) is 23.8 Å². The van der Waals surface area contributed by atoms with E-state index in [0.717, 1.165) is 31.7 Å². The zero-order valence-electron chi connectivity index (χ0n) is 10.2. The first kappa shape index (κ1) is 13.5. The van der Waals surface area contributed by atoms with Crippen LogP contribution in [0.3, 0.4) is 0 Å². The van der Waals surface area contributed by atoms with Gasteiger partial charge >= 0.3 is 0 Å². The average molecular weight is 245 g/mol. The van der Waals surface area contributed by atoms with Gasteiger partial charge in [0, 0.05) is 44.0 Å². The van der Waals surface area contributed by atoms with Gasteiger partial charge in [0.1, 0.15) is 0 Å². The summed E-state index contributed by atoms with van der Waals surface area (Å²) in [6.07, 6.45) is 1.12. The van der Waals surface area contributed by atoms with Crippen LogP contribution in [0.5, 0.6) is 0 Å². The Kier molecular flexibility index (Phi) is 4.35. The highest BCUT2D eigenvalue weighted by Gasteiger charge is 2.21. The summed E-state index contributed by atoms with van der Waals surface area (Å²) >= 11 is 0. The molecule has 5 heteroatoms. The van der Waals surface area contributed by atoms with E-state index in [-0.39, 0.29) is 12.4 Å². The first-order chi connectivity index (χ1) is 7.08. The topological polar surface area (TPSA) is 47.1 Å². The smallest absolute Gasteiger partial charge is 0.0641 e. The number of aromatic nitrogens is 2. The molecule has 0 radical (unpaired) electrons. The fourth-order valence-electron chi connectivity index (χ4n) is 2.28. The Balaban J connectivity index is 0.00000128. The fourth-order valence-corrected chi connectivity index (χ4v) is 2.28. The molecule has 1 unspecified atom stereocenters. The number of halogens is 1. The maximum Gasteiger partial charge on any atom is 0.0641 e.